The van der Waals surface area contributed by atoms with Crippen molar-refractivity contribution in [3.63, 3.8) is 0 Å². The Kier molecular flexibility index (Phi) is 13.3. The Hall–Kier alpha value is -2.91. The fourth-order valence-corrected chi connectivity index (χ4v) is 5.70. The van der Waals surface area contributed by atoms with Crippen molar-refractivity contribution in [1.29, 1.82) is 0 Å². The number of piperidine rings is 1. The number of hydrogen-bond donors (Lipinski definition) is 1. The maximum Gasteiger partial charge on any atom is 0.303 e. The molecular weight excluding hydrogens is 577 g/mol. The zero-order valence-electron chi connectivity index (χ0n) is 23.9. The number of benzene rings is 2. The molecule has 2 saturated heterocycles. The van der Waals surface area contributed by atoms with E-state index in [4.69, 9.17) is 19.3 Å². The largest absolute Gasteiger partial charge is 0.489 e. The minimum atomic E-state index is -0.780. The number of carboxylic acid groups (broad SMARTS) is 1. The summed E-state index contributed by atoms with van der Waals surface area (Å²) in [5.41, 5.74) is 3.45. The third-order valence-corrected chi connectivity index (χ3v) is 8.06. The maximum absolute atomic E-state index is 10.7. The van der Waals surface area contributed by atoms with Gasteiger partial charge < -0.3 is 19.3 Å². The average molecular weight is 619 g/mol. The first-order chi connectivity index (χ1) is 19.6. The van der Waals surface area contributed by atoms with Crippen molar-refractivity contribution in [3.05, 3.63) is 83.8 Å². The summed E-state index contributed by atoms with van der Waals surface area (Å²) < 4.78 is 18.1. The summed E-state index contributed by atoms with van der Waals surface area (Å²) in [5.74, 6) is 1.23. The van der Waals surface area contributed by atoms with Gasteiger partial charge in [0.1, 0.15) is 12.4 Å². The fourth-order valence-electron chi connectivity index (χ4n) is 5.70. The van der Waals surface area contributed by atoms with Crippen molar-refractivity contribution < 1.29 is 24.1 Å². The number of nitrogens with zero attached hydrogens (tertiary/aromatic N) is 3. The van der Waals surface area contributed by atoms with E-state index in [2.05, 4.69) is 39.1 Å². The minimum absolute atomic E-state index is 0. The first-order valence-electron chi connectivity index (χ1n) is 14.3. The standard InChI is InChI=1S/C32H39N3O5.2ClH/c36-31(37)10-7-25-5-8-29(9-6-25)39-24-28-3-1-27(2-4-28)23-35-17-13-32(14-18-35)21-26(12-20-40-32)11-19-38-30-22-33-15-16-34-30;;/h1-6,8-9,15-16,22,26H,7,10-14,17-21,23-24H2,(H,36,37);2*1H. The Morgan fingerprint density at radius 1 is 0.976 bits per heavy atom. The lowest BCUT2D eigenvalue weighted by atomic mass is 9.78. The third-order valence-electron chi connectivity index (χ3n) is 8.06. The van der Waals surface area contributed by atoms with Crippen molar-refractivity contribution in [2.75, 3.05) is 26.3 Å². The van der Waals surface area contributed by atoms with Gasteiger partial charge in [0.15, 0.2) is 0 Å². The van der Waals surface area contributed by atoms with Crippen LogP contribution >= 0.6 is 24.8 Å². The topological polar surface area (TPSA) is 94.0 Å². The van der Waals surface area contributed by atoms with E-state index in [0.717, 1.165) is 75.2 Å². The van der Waals surface area contributed by atoms with E-state index in [1.165, 1.54) is 5.56 Å². The van der Waals surface area contributed by atoms with Gasteiger partial charge in [-0.1, -0.05) is 36.4 Å². The van der Waals surface area contributed by atoms with E-state index < -0.39 is 5.97 Å². The van der Waals surface area contributed by atoms with Crippen molar-refractivity contribution in [2.24, 2.45) is 5.92 Å². The number of likely N-dealkylation sites (tertiary alicyclic amines) is 1. The van der Waals surface area contributed by atoms with Crippen LogP contribution in [0.3, 0.4) is 0 Å². The molecule has 5 rings (SSSR count). The van der Waals surface area contributed by atoms with Crippen LogP contribution in [0.1, 0.15) is 55.2 Å². The molecule has 0 bridgehead atoms. The number of rotatable bonds is 12. The summed E-state index contributed by atoms with van der Waals surface area (Å²) in [6.45, 7) is 5.07. The van der Waals surface area contributed by atoms with Gasteiger partial charge in [-0.2, -0.15) is 0 Å². The Balaban J connectivity index is 0.00000242. The first kappa shape index (κ1) is 33.6. The summed E-state index contributed by atoms with van der Waals surface area (Å²) >= 11 is 0. The number of ether oxygens (including phenoxy) is 3. The van der Waals surface area contributed by atoms with E-state index >= 15 is 0 Å². The van der Waals surface area contributed by atoms with Gasteiger partial charge in [-0.25, -0.2) is 4.98 Å². The Bertz CT molecular complexity index is 1210. The molecule has 3 aromatic rings. The normalized spacial score (nSPS) is 18.0. The predicted molar refractivity (Wildman–Crippen MR) is 166 cm³/mol. The highest BCUT2D eigenvalue weighted by molar-refractivity contribution is 5.85. The highest BCUT2D eigenvalue weighted by Crippen LogP contribution is 2.39. The second kappa shape index (κ2) is 16.7. The monoisotopic (exact) mass is 617 g/mol. The zero-order chi connectivity index (χ0) is 27.6. The molecule has 1 unspecified atom stereocenters. The Morgan fingerprint density at radius 2 is 1.69 bits per heavy atom. The van der Waals surface area contributed by atoms with E-state index in [1.807, 2.05) is 24.3 Å². The lowest BCUT2D eigenvalue weighted by Crippen LogP contribution is -2.49. The van der Waals surface area contributed by atoms with Crippen LogP contribution in [0.25, 0.3) is 0 Å². The molecule has 1 atom stereocenters. The Morgan fingerprint density at radius 3 is 2.38 bits per heavy atom. The molecule has 2 aliphatic rings. The van der Waals surface area contributed by atoms with Gasteiger partial charge in [-0.15, -0.1) is 24.8 Å². The lowest BCUT2D eigenvalue weighted by molar-refractivity contribution is -0.137. The van der Waals surface area contributed by atoms with Crippen molar-refractivity contribution in [3.8, 4) is 11.6 Å². The summed E-state index contributed by atoms with van der Waals surface area (Å²) in [6.07, 6.45) is 11.1. The fraction of sp³-hybridized carbons (Fsp3) is 0.469. The van der Waals surface area contributed by atoms with E-state index in [1.54, 1.807) is 18.6 Å². The van der Waals surface area contributed by atoms with Gasteiger partial charge in [0.25, 0.3) is 0 Å². The molecule has 3 heterocycles. The predicted octanol–water partition coefficient (Wildman–Crippen LogP) is 6.15. The summed E-state index contributed by atoms with van der Waals surface area (Å²) in [6, 6.07) is 16.3. The second-order valence-corrected chi connectivity index (χ2v) is 11.0. The molecule has 0 saturated carbocycles. The number of halogens is 2. The van der Waals surface area contributed by atoms with Crippen LogP contribution in [0, 0.1) is 5.92 Å². The van der Waals surface area contributed by atoms with Gasteiger partial charge in [-0.3, -0.25) is 14.7 Å². The molecule has 2 aliphatic heterocycles. The van der Waals surface area contributed by atoms with Crippen molar-refractivity contribution >= 4 is 30.8 Å². The number of carboxylic acids is 1. The van der Waals surface area contributed by atoms with Gasteiger partial charge in [0, 0.05) is 45.1 Å². The van der Waals surface area contributed by atoms with Crippen LogP contribution in [0.5, 0.6) is 11.6 Å². The van der Waals surface area contributed by atoms with Crippen molar-refractivity contribution in [2.45, 2.75) is 63.7 Å². The summed E-state index contributed by atoms with van der Waals surface area (Å²) in [7, 11) is 0. The smallest absolute Gasteiger partial charge is 0.303 e. The second-order valence-electron chi connectivity index (χ2n) is 11.0. The van der Waals surface area contributed by atoms with Gasteiger partial charge in [-0.05, 0) is 73.3 Å². The van der Waals surface area contributed by atoms with E-state index in [-0.39, 0.29) is 36.8 Å². The molecule has 1 spiro atoms. The molecule has 2 aromatic carbocycles. The minimum Gasteiger partial charge on any atom is -0.489 e. The van der Waals surface area contributed by atoms with Gasteiger partial charge in [0.05, 0.1) is 18.4 Å². The average Bonchev–Trinajstić information content (AvgIpc) is 2.98. The molecule has 8 nitrogen and oxygen atoms in total. The SMILES string of the molecule is Cl.Cl.O=C(O)CCc1ccc(OCc2ccc(CN3CCC4(CC3)CC(CCOc3cnccn3)CCO4)cc2)cc1. The first-order valence-corrected chi connectivity index (χ1v) is 14.3. The van der Waals surface area contributed by atoms with E-state index in [9.17, 15) is 4.79 Å². The molecular formula is C32H41Cl2N3O5. The maximum atomic E-state index is 10.7. The third kappa shape index (κ3) is 10.1. The van der Waals surface area contributed by atoms with Crippen molar-refractivity contribution in [1.82, 2.24) is 14.9 Å². The molecule has 0 aliphatic carbocycles. The molecule has 2 fully saturated rings. The highest BCUT2D eigenvalue weighted by atomic mass is 35.5. The van der Waals surface area contributed by atoms with Crippen LogP contribution in [0.2, 0.25) is 0 Å². The Labute approximate surface area is 260 Å². The quantitative estimate of drug-likeness (QED) is 0.259. The number of carbonyl (C=O) groups is 1. The van der Waals surface area contributed by atoms with Gasteiger partial charge >= 0.3 is 5.97 Å². The highest BCUT2D eigenvalue weighted by Gasteiger charge is 2.40. The van der Waals surface area contributed by atoms with Crippen LogP contribution in [0.4, 0.5) is 0 Å². The van der Waals surface area contributed by atoms with Gasteiger partial charge in [0.2, 0.25) is 5.88 Å². The number of aromatic nitrogens is 2. The van der Waals surface area contributed by atoms with E-state index in [0.29, 0.717) is 31.4 Å². The molecule has 1 aromatic heterocycles. The molecule has 0 amide bonds. The molecule has 0 radical (unpaired) electrons. The zero-order valence-corrected chi connectivity index (χ0v) is 25.5. The molecule has 228 valence electrons. The number of aryl methyl sites for hydroxylation is 1. The van der Waals surface area contributed by atoms with Crippen LogP contribution in [-0.2, 0) is 29.1 Å². The van der Waals surface area contributed by atoms with Crippen LogP contribution in [0.15, 0.2) is 67.1 Å². The molecule has 42 heavy (non-hydrogen) atoms. The van der Waals surface area contributed by atoms with Crippen LogP contribution in [-0.4, -0.2) is 57.8 Å². The lowest BCUT2D eigenvalue weighted by Gasteiger charge is -2.46. The molecule has 10 heteroatoms. The van der Waals surface area contributed by atoms with Crippen LogP contribution < -0.4 is 9.47 Å². The molecule has 1 N–H and O–H groups in total. The summed E-state index contributed by atoms with van der Waals surface area (Å²) in [4.78, 5) is 21.5. The number of aliphatic carboxylic acids is 1. The number of hydrogen-bond acceptors (Lipinski definition) is 7. The summed E-state index contributed by atoms with van der Waals surface area (Å²) in [5, 5.41) is 8.83.